The number of methoxy groups -OCH3 is 1. The summed E-state index contributed by atoms with van der Waals surface area (Å²) in [7, 11) is 3.45. The molecule has 1 aromatic carbocycles. The van der Waals surface area contributed by atoms with E-state index in [1.54, 1.807) is 24.1 Å². The minimum atomic E-state index is -0.273. The lowest BCUT2D eigenvalue weighted by atomic mass is 9.75. The van der Waals surface area contributed by atoms with Gasteiger partial charge in [-0.2, -0.15) is 5.10 Å². The van der Waals surface area contributed by atoms with Crippen molar-refractivity contribution in [2.24, 2.45) is 13.0 Å². The van der Waals surface area contributed by atoms with Crippen LogP contribution in [0.25, 0.3) is 0 Å². The number of rotatable bonds is 5. The van der Waals surface area contributed by atoms with Gasteiger partial charge < -0.3 is 15.2 Å². The Hall–Kier alpha value is -2.34. The minimum Gasteiger partial charge on any atom is -0.496 e. The molecule has 6 nitrogen and oxygen atoms in total. The zero-order valence-electron chi connectivity index (χ0n) is 14.2. The lowest BCUT2D eigenvalue weighted by Crippen LogP contribution is -2.41. The smallest absolute Gasteiger partial charge is 0.252 e. The number of hydrogen-bond donors (Lipinski definition) is 2. The molecule has 1 fully saturated rings. The maximum absolute atomic E-state index is 12.8. The van der Waals surface area contributed by atoms with Gasteiger partial charge in [-0.05, 0) is 37.8 Å². The molecule has 24 heavy (non-hydrogen) atoms. The van der Waals surface area contributed by atoms with Crippen LogP contribution in [0.1, 0.15) is 40.4 Å². The van der Waals surface area contributed by atoms with Crippen LogP contribution in [0, 0.1) is 12.8 Å². The van der Waals surface area contributed by atoms with Crippen LogP contribution in [0.4, 0.5) is 0 Å². The highest BCUT2D eigenvalue weighted by molar-refractivity contribution is 5.96. The van der Waals surface area contributed by atoms with Gasteiger partial charge >= 0.3 is 0 Å². The van der Waals surface area contributed by atoms with Crippen molar-refractivity contribution in [2.75, 3.05) is 7.11 Å². The van der Waals surface area contributed by atoms with E-state index in [4.69, 9.17) is 4.74 Å². The van der Waals surface area contributed by atoms with Crippen molar-refractivity contribution in [2.45, 2.75) is 31.9 Å². The molecule has 0 radical (unpaired) electrons. The summed E-state index contributed by atoms with van der Waals surface area (Å²) in [5, 5.41) is 17.0. The summed E-state index contributed by atoms with van der Waals surface area (Å²) in [4.78, 5) is 12.8. The van der Waals surface area contributed by atoms with E-state index in [0.717, 1.165) is 11.1 Å². The third-order valence-corrected chi connectivity index (χ3v) is 4.74. The molecular formula is C18H23N3O3. The molecule has 1 aliphatic carbocycles. The summed E-state index contributed by atoms with van der Waals surface area (Å²) >= 11 is 0. The molecule has 1 unspecified atom stereocenters. The number of amides is 1. The van der Waals surface area contributed by atoms with Crippen molar-refractivity contribution in [3.05, 3.63) is 47.3 Å². The molecule has 1 aliphatic rings. The molecule has 0 spiro atoms. The highest BCUT2D eigenvalue weighted by atomic mass is 16.5. The molecule has 0 saturated heterocycles. The Balaban J connectivity index is 1.83. The average molecular weight is 329 g/mol. The van der Waals surface area contributed by atoms with E-state index in [2.05, 4.69) is 10.4 Å². The van der Waals surface area contributed by atoms with E-state index < -0.39 is 0 Å². The van der Waals surface area contributed by atoms with Gasteiger partial charge in [-0.3, -0.25) is 9.48 Å². The van der Waals surface area contributed by atoms with Crippen molar-refractivity contribution >= 4 is 5.91 Å². The van der Waals surface area contributed by atoms with Crippen molar-refractivity contribution in [3.63, 3.8) is 0 Å². The number of aliphatic hydroxyl groups is 1. The number of ether oxygens (including phenoxy) is 1. The second-order valence-electron chi connectivity index (χ2n) is 6.42. The number of benzene rings is 1. The summed E-state index contributed by atoms with van der Waals surface area (Å²) in [6.07, 6.45) is 4.79. The van der Waals surface area contributed by atoms with E-state index in [1.807, 2.05) is 32.3 Å². The van der Waals surface area contributed by atoms with Gasteiger partial charge in [-0.1, -0.05) is 6.07 Å². The fourth-order valence-corrected chi connectivity index (χ4v) is 3.28. The number of carbonyl (C=O) groups excluding carboxylic acids is 1. The Kier molecular flexibility index (Phi) is 4.57. The normalized spacial score (nSPS) is 21.0. The predicted molar refractivity (Wildman–Crippen MR) is 89.9 cm³/mol. The van der Waals surface area contributed by atoms with Gasteiger partial charge in [0, 0.05) is 29.9 Å². The number of hydrogen-bond acceptors (Lipinski definition) is 4. The first kappa shape index (κ1) is 16.5. The lowest BCUT2D eigenvalue weighted by molar-refractivity contribution is 0.0235. The summed E-state index contributed by atoms with van der Waals surface area (Å²) in [6, 6.07) is 5.29. The van der Waals surface area contributed by atoms with E-state index in [-0.39, 0.29) is 24.0 Å². The molecule has 128 valence electrons. The van der Waals surface area contributed by atoms with Crippen LogP contribution in [-0.2, 0) is 7.05 Å². The highest BCUT2D eigenvalue weighted by Crippen LogP contribution is 2.38. The number of nitrogens with one attached hydrogen (secondary N) is 1. The number of aliphatic hydroxyl groups excluding tert-OH is 1. The van der Waals surface area contributed by atoms with E-state index in [0.29, 0.717) is 24.2 Å². The molecule has 2 N–H and O–H groups in total. The van der Waals surface area contributed by atoms with Crippen molar-refractivity contribution in [1.29, 1.82) is 0 Å². The van der Waals surface area contributed by atoms with E-state index in [9.17, 15) is 9.90 Å². The van der Waals surface area contributed by atoms with E-state index >= 15 is 0 Å². The van der Waals surface area contributed by atoms with Gasteiger partial charge in [0.2, 0.25) is 0 Å². The van der Waals surface area contributed by atoms with Crippen LogP contribution in [0.5, 0.6) is 5.75 Å². The van der Waals surface area contributed by atoms with E-state index in [1.165, 1.54) is 0 Å². The fraction of sp³-hybridized carbons (Fsp3) is 0.444. The molecule has 1 heterocycles. The van der Waals surface area contributed by atoms with Crippen LogP contribution in [0.3, 0.4) is 0 Å². The number of carbonyl (C=O) groups is 1. The van der Waals surface area contributed by atoms with Gasteiger partial charge in [0.05, 0.1) is 25.5 Å². The number of nitrogens with zero attached hydrogens (tertiary/aromatic N) is 2. The molecule has 6 heteroatoms. The maximum Gasteiger partial charge on any atom is 0.252 e. The Labute approximate surface area is 141 Å². The van der Waals surface area contributed by atoms with Gasteiger partial charge in [-0.15, -0.1) is 0 Å². The monoisotopic (exact) mass is 329 g/mol. The molecule has 1 saturated carbocycles. The third kappa shape index (κ3) is 3.14. The first-order valence-corrected chi connectivity index (χ1v) is 8.10. The molecule has 0 bridgehead atoms. The summed E-state index contributed by atoms with van der Waals surface area (Å²) < 4.78 is 7.02. The van der Waals surface area contributed by atoms with Gasteiger partial charge in [0.15, 0.2) is 0 Å². The summed E-state index contributed by atoms with van der Waals surface area (Å²) in [5.41, 5.74) is 2.38. The Morgan fingerprint density at radius 2 is 2.21 bits per heavy atom. The quantitative estimate of drug-likeness (QED) is 0.879. The zero-order chi connectivity index (χ0) is 17.3. The van der Waals surface area contributed by atoms with Crippen molar-refractivity contribution in [1.82, 2.24) is 15.1 Å². The predicted octanol–water partition coefficient (Wildman–Crippen LogP) is 1.98. The van der Waals surface area contributed by atoms with Gasteiger partial charge in [-0.25, -0.2) is 0 Å². The highest BCUT2D eigenvalue weighted by Gasteiger charge is 2.36. The fourth-order valence-electron chi connectivity index (χ4n) is 3.28. The average Bonchev–Trinajstić information content (AvgIpc) is 2.96. The molecule has 1 aromatic heterocycles. The molecule has 3 rings (SSSR count). The van der Waals surface area contributed by atoms with Gasteiger partial charge in [0.1, 0.15) is 5.75 Å². The number of aryl methyl sites for hydroxylation is 1. The van der Waals surface area contributed by atoms with Crippen LogP contribution in [0.2, 0.25) is 0 Å². The summed E-state index contributed by atoms with van der Waals surface area (Å²) in [6.45, 7) is 1.87. The first-order chi connectivity index (χ1) is 11.5. The standard InChI is InChI=1S/C18H23N3O3/c1-11-15(5-4-6-16(11)24-3)18(23)20-17(12-7-14(22)8-12)13-9-19-21(2)10-13/h4-6,9-10,12,14,17,22H,7-8H2,1-3H3,(H,20,23). The first-order valence-electron chi connectivity index (χ1n) is 8.10. The Morgan fingerprint density at radius 3 is 2.79 bits per heavy atom. The molecule has 0 aliphatic heterocycles. The minimum absolute atomic E-state index is 0.137. The van der Waals surface area contributed by atoms with Crippen LogP contribution in [0.15, 0.2) is 30.6 Å². The van der Waals surface area contributed by atoms with Crippen molar-refractivity contribution < 1.29 is 14.6 Å². The molecular weight excluding hydrogens is 306 g/mol. The SMILES string of the molecule is COc1cccc(C(=O)NC(c2cnn(C)c2)C2CC(O)C2)c1C. The molecule has 1 amide bonds. The lowest BCUT2D eigenvalue weighted by Gasteiger charge is -2.37. The number of aromatic nitrogens is 2. The Morgan fingerprint density at radius 1 is 1.46 bits per heavy atom. The van der Waals surface area contributed by atoms with Crippen LogP contribution in [-0.4, -0.2) is 34.0 Å². The molecule has 2 aromatic rings. The molecule has 1 atom stereocenters. The second kappa shape index (κ2) is 6.65. The van der Waals surface area contributed by atoms with Crippen LogP contribution >= 0.6 is 0 Å². The van der Waals surface area contributed by atoms with Gasteiger partial charge in [0.25, 0.3) is 5.91 Å². The van der Waals surface area contributed by atoms with Crippen LogP contribution < -0.4 is 10.1 Å². The zero-order valence-corrected chi connectivity index (χ0v) is 14.2. The third-order valence-electron chi connectivity index (χ3n) is 4.74. The maximum atomic E-state index is 12.8. The van der Waals surface area contributed by atoms with Crippen molar-refractivity contribution in [3.8, 4) is 5.75 Å². The topological polar surface area (TPSA) is 76.4 Å². The second-order valence-corrected chi connectivity index (χ2v) is 6.42. The largest absolute Gasteiger partial charge is 0.496 e. The summed E-state index contributed by atoms with van der Waals surface area (Å²) in [5.74, 6) is 0.778. The Bertz CT molecular complexity index is 735.